The lowest BCUT2D eigenvalue weighted by Crippen LogP contribution is -2.40. The summed E-state index contributed by atoms with van der Waals surface area (Å²) in [5, 5.41) is 3.49. The van der Waals surface area contributed by atoms with Crippen molar-refractivity contribution in [3.8, 4) is 0 Å². The number of benzene rings is 1. The molecule has 1 unspecified atom stereocenters. The number of carbonyl (C=O) groups excluding carboxylic acids is 1. The first-order valence-corrected chi connectivity index (χ1v) is 7.37. The summed E-state index contributed by atoms with van der Waals surface area (Å²) in [6, 6.07) is 4.67. The zero-order valence-electron chi connectivity index (χ0n) is 11.3. The quantitative estimate of drug-likeness (QED) is 0.803. The summed E-state index contributed by atoms with van der Waals surface area (Å²) >= 11 is 3.32. The second-order valence-corrected chi connectivity index (χ2v) is 5.59. The van der Waals surface area contributed by atoms with Gasteiger partial charge in [-0.1, -0.05) is 41.9 Å². The van der Waals surface area contributed by atoms with E-state index in [1.54, 1.807) is 0 Å². The summed E-state index contributed by atoms with van der Waals surface area (Å²) in [6.07, 6.45) is -4.27. The maximum atomic E-state index is 12.4. The van der Waals surface area contributed by atoms with Gasteiger partial charge < -0.3 is 5.32 Å². The van der Waals surface area contributed by atoms with E-state index in [9.17, 15) is 18.0 Å². The summed E-state index contributed by atoms with van der Waals surface area (Å²) in [4.78, 5) is 11.8. The zero-order valence-corrected chi connectivity index (χ0v) is 12.9. The number of halogens is 4. The van der Waals surface area contributed by atoms with E-state index in [0.717, 1.165) is 12.1 Å². The van der Waals surface area contributed by atoms with Crippen LogP contribution in [-0.4, -0.2) is 17.3 Å². The Morgan fingerprint density at radius 3 is 2.20 bits per heavy atom. The van der Waals surface area contributed by atoms with Crippen molar-refractivity contribution < 1.29 is 18.0 Å². The molecule has 0 fully saturated rings. The fraction of sp³-hybridized carbons (Fsp3) is 0.500. The van der Waals surface area contributed by atoms with Gasteiger partial charge in [0.25, 0.3) is 0 Å². The highest BCUT2D eigenvalue weighted by atomic mass is 79.9. The highest BCUT2D eigenvalue weighted by Crippen LogP contribution is 2.29. The van der Waals surface area contributed by atoms with E-state index in [0.29, 0.717) is 10.9 Å². The molecule has 1 N–H and O–H groups in total. The third-order valence-corrected chi connectivity index (χ3v) is 3.66. The molecule has 1 atom stereocenters. The maximum absolute atomic E-state index is 12.4. The van der Waals surface area contributed by atoms with Gasteiger partial charge in [0.15, 0.2) is 0 Å². The van der Waals surface area contributed by atoms with Crippen LogP contribution in [0.1, 0.15) is 25.0 Å². The molecular weight excluding hydrogens is 335 g/mol. The van der Waals surface area contributed by atoms with Gasteiger partial charge in [0.05, 0.1) is 12.0 Å². The van der Waals surface area contributed by atoms with Gasteiger partial charge in [-0.3, -0.25) is 4.79 Å². The fourth-order valence-corrected chi connectivity index (χ4v) is 2.55. The Morgan fingerprint density at radius 1 is 1.25 bits per heavy atom. The minimum absolute atomic E-state index is 0.0111. The molecule has 0 saturated heterocycles. The molecule has 0 bridgehead atoms. The molecule has 0 aliphatic rings. The Hall–Kier alpha value is -1.04. The largest absolute Gasteiger partial charge is 0.416 e. The molecule has 1 aromatic rings. The van der Waals surface area contributed by atoms with Gasteiger partial charge in [-0.05, 0) is 23.6 Å². The van der Waals surface area contributed by atoms with Crippen molar-refractivity contribution in [3.63, 3.8) is 0 Å². The number of rotatable bonds is 5. The van der Waals surface area contributed by atoms with Crippen LogP contribution in [-0.2, 0) is 17.4 Å². The van der Waals surface area contributed by atoms with Crippen molar-refractivity contribution in [3.05, 3.63) is 35.4 Å². The predicted molar refractivity (Wildman–Crippen MR) is 75.7 cm³/mol. The number of alkyl halides is 4. The van der Waals surface area contributed by atoms with Gasteiger partial charge in [0.2, 0.25) is 5.91 Å². The third kappa shape index (κ3) is 5.15. The average molecular weight is 352 g/mol. The molecule has 6 heteroatoms. The third-order valence-electron chi connectivity index (χ3n) is 2.96. The van der Waals surface area contributed by atoms with E-state index >= 15 is 0 Å². The molecular formula is C14H17BrF3NO. The van der Waals surface area contributed by atoms with E-state index in [-0.39, 0.29) is 24.3 Å². The van der Waals surface area contributed by atoms with Crippen molar-refractivity contribution in [1.82, 2.24) is 5.32 Å². The van der Waals surface area contributed by atoms with E-state index in [4.69, 9.17) is 0 Å². The maximum Gasteiger partial charge on any atom is 0.416 e. The van der Waals surface area contributed by atoms with Crippen LogP contribution in [0.4, 0.5) is 13.2 Å². The summed E-state index contributed by atoms with van der Waals surface area (Å²) in [7, 11) is 0. The number of hydrogen-bond acceptors (Lipinski definition) is 1. The Kier molecular flexibility index (Phi) is 6.05. The molecule has 0 aliphatic carbocycles. The number of nitrogens with one attached hydrogen (secondary N) is 1. The van der Waals surface area contributed by atoms with Gasteiger partial charge in [-0.15, -0.1) is 0 Å². The van der Waals surface area contributed by atoms with Crippen LogP contribution >= 0.6 is 15.9 Å². The van der Waals surface area contributed by atoms with Gasteiger partial charge >= 0.3 is 6.18 Å². The Balaban J connectivity index is 2.63. The van der Waals surface area contributed by atoms with E-state index < -0.39 is 11.7 Å². The number of amides is 1. The molecule has 1 rings (SSSR count). The van der Waals surface area contributed by atoms with Gasteiger partial charge in [0, 0.05) is 11.4 Å². The highest BCUT2D eigenvalue weighted by molar-refractivity contribution is 9.09. The smallest absolute Gasteiger partial charge is 0.352 e. The van der Waals surface area contributed by atoms with Crippen LogP contribution in [0.25, 0.3) is 0 Å². The van der Waals surface area contributed by atoms with Crippen molar-refractivity contribution in [1.29, 1.82) is 0 Å². The molecule has 0 radical (unpaired) electrons. The first-order valence-electron chi connectivity index (χ1n) is 6.25. The topological polar surface area (TPSA) is 29.1 Å². The summed E-state index contributed by atoms with van der Waals surface area (Å²) in [5.74, 6) is 0.0915. The van der Waals surface area contributed by atoms with Crippen molar-refractivity contribution in [2.45, 2.75) is 32.5 Å². The van der Waals surface area contributed by atoms with Gasteiger partial charge in [-0.2, -0.15) is 13.2 Å². The van der Waals surface area contributed by atoms with Crippen LogP contribution in [0.15, 0.2) is 24.3 Å². The molecule has 1 aromatic carbocycles. The SMILES string of the molecule is CC(C)C(CBr)NC(=O)Cc1ccc(C(F)(F)F)cc1. The molecule has 0 aromatic heterocycles. The van der Waals surface area contributed by atoms with Crippen LogP contribution in [0, 0.1) is 5.92 Å². The molecule has 0 aliphatic heterocycles. The Morgan fingerprint density at radius 2 is 1.80 bits per heavy atom. The van der Waals surface area contributed by atoms with Gasteiger partial charge in [-0.25, -0.2) is 0 Å². The van der Waals surface area contributed by atoms with Crippen LogP contribution < -0.4 is 5.32 Å². The lowest BCUT2D eigenvalue weighted by Gasteiger charge is -2.20. The average Bonchev–Trinajstić information content (AvgIpc) is 2.35. The van der Waals surface area contributed by atoms with E-state index in [1.807, 2.05) is 13.8 Å². The molecule has 20 heavy (non-hydrogen) atoms. The molecule has 0 spiro atoms. The number of carbonyl (C=O) groups is 1. The second-order valence-electron chi connectivity index (χ2n) is 4.94. The molecule has 1 amide bonds. The fourth-order valence-electron chi connectivity index (χ4n) is 1.64. The lowest BCUT2D eigenvalue weighted by molar-refractivity contribution is -0.137. The highest BCUT2D eigenvalue weighted by Gasteiger charge is 2.30. The normalized spacial score (nSPS) is 13.3. The first kappa shape index (κ1) is 17.0. The first-order chi connectivity index (χ1) is 9.24. The minimum atomic E-state index is -4.35. The van der Waals surface area contributed by atoms with Gasteiger partial charge in [0.1, 0.15) is 0 Å². The van der Waals surface area contributed by atoms with Crippen molar-refractivity contribution in [2.24, 2.45) is 5.92 Å². The second kappa shape index (κ2) is 7.11. The van der Waals surface area contributed by atoms with Crippen molar-refractivity contribution >= 4 is 21.8 Å². The van der Waals surface area contributed by atoms with Crippen LogP contribution in [0.5, 0.6) is 0 Å². The monoisotopic (exact) mass is 351 g/mol. The Bertz CT molecular complexity index is 443. The van der Waals surface area contributed by atoms with E-state index in [1.165, 1.54) is 12.1 Å². The zero-order chi connectivity index (χ0) is 15.3. The summed E-state index contributed by atoms with van der Waals surface area (Å²) in [6.45, 7) is 3.98. The number of hydrogen-bond donors (Lipinski definition) is 1. The lowest BCUT2D eigenvalue weighted by atomic mass is 10.1. The molecule has 112 valence electrons. The van der Waals surface area contributed by atoms with Crippen molar-refractivity contribution in [2.75, 3.05) is 5.33 Å². The van der Waals surface area contributed by atoms with E-state index in [2.05, 4.69) is 21.2 Å². The summed E-state index contributed by atoms with van der Waals surface area (Å²) < 4.78 is 37.2. The standard InChI is InChI=1S/C14H17BrF3NO/c1-9(2)12(8-15)19-13(20)7-10-3-5-11(6-4-10)14(16,17)18/h3-6,9,12H,7-8H2,1-2H3,(H,19,20). The molecule has 0 saturated carbocycles. The predicted octanol–water partition coefficient (Wildman–Crippen LogP) is 3.78. The molecule has 0 heterocycles. The van der Waals surface area contributed by atoms with Crippen LogP contribution in [0.3, 0.4) is 0 Å². The Labute approximate surface area is 124 Å². The summed E-state index contributed by atoms with van der Waals surface area (Å²) in [5.41, 5.74) is -0.144. The van der Waals surface area contributed by atoms with Crippen LogP contribution in [0.2, 0.25) is 0 Å². The minimum Gasteiger partial charge on any atom is -0.352 e. The molecule has 2 nitrogen and oxygen atoms in total.